The molecule has 1 aromatic rings. The van der Waals surface area contributed by atoms with Gasteiger partial charge >= 0.3 is 0 Å². The first-order chi connectivity index (χ1) is 10.2. The van der Waals surface area contributed by atoms with E-state index in [4.69, 9.17) is 9.57 Å². The first-order valence-corrected chi connectivity index (χ1v) is 7.19. The van der Waals surface area contributed by atoms with Crippen molar-refractivity contribution in [2.24, 2.45) is 5.92 Å². The molecule has 114 valence electrons. The summed E-state index contributed by atoms with van der Waals surface area (Å²) in [6.07, 6.45) is 2.59. The molecule has 21 heavy (non-hydrogen) atoms. The van der Waals surface area contributed by atoms with E-state index in [9.17, 15) is 8.78 Å². The van der Waals surface area contributed by atoms with Crippen LogP contribution in [0.4, 0.5) is 8.78 Å². The lowest BCUT2D eigenvalue weighted by Crippen LogP contribution is -2.52. The van der Waals surface area contributed by atoms with E-state index in [-0.39, 0.29) is 18.1 Å². The fourth-order valence-corrected chi connectivity index (χ4v) is 3.50. The Labute approximate surface area is 122 Å². The SMILES string of the molecule is C=CC[C@@H]1OCC[C@H]2ON[C@](CF)(c3ccccc3F)[C@@H]12. The quantitative estimate of drug-likeness (QED) is 0.866. The number of hydrogen-bond donors (Lipinski definition) is 1. The zero-order chi connectivity index (χ0) is 14.9. The number of benzene rings is 1. The maximum absolute atomic E-state index is 14.2. The van der Waals surface area contributed by atoms with Gasteiger partial charge in [-0.25, -0.2) is 8.78 Å². The summed E-state index contributed by atoms with van der Waals surface area (Å²) in [6.45, 7) is 3.52. The van der Waals surface area contributed by atoms with Crippen molar-refractivity contribution < 1.29 is 18.4 Å². The Morgan fingerprint density at radius 3 is 2.95 bits per heavy atom. The number of halogens is 2. The predicted octanol–water partition coefficient (Wildman–Crippen LogP) is 2.88. The van der Waals surface area contributed by atoms with Crippen molar-refractivity contribution >= 4 is 0 Å². The predicted molar refractivity (Wildman–Crippen MR) is 74.7 cm³/mol. The molecule has 2 aliphatic heterocycles. The molecular formula is C16H19F2NO2. The fourth-order valence-electron chi connectivity index (χ4n) is 3.50. The molecule has 0 bridgehead atoms. The van der Waals surface area contributed by atoms with Gasteiger partial charge < -0.3 is 4.74 Å². The molecule has 0 spiro atoms. The van der Waals surface area contributed by atoms with Crippen LogP contribution in [0, 0.1) is 11.7 Å². The standard InChI is InChI=1S/C16H19F2NO2/c1-2-5-13-15-14(8-9-20-13)21-19-16(15,10-17)11-6-3-4-7-12(11)18/h2-4,6-7,13-15,19H,1,5,8-10H2/t13-,14+,15-,16+/m0/s1. The smallest absolute Gasteiger partial charge is 0.128 e. The van der Waals surface area contributed by atoms with Crippen LogP contribution in [0.1, 0.15) is 18.4 Å². The van der Waals surface area contributed by atoms with Gasteiger partial charge in [-0.05, 0) is 18.9 Å². The summed E-state index contributed by atoms with van der Waals surface area (Å²) in [5.41, 5.74) is 1.87. The van der Waals surface area contributed by atoms with E-state index >= 15 is 0 Å². The normalized spacial score (nSPS) is 35.4. The minimum Gasteiger partial charge on any atom is -0.377 e. The molecule has 4 atom stereocenters. The van der Waals surface area contributed by atoms with Gasteiger partial charge in [-0.1, -0.05) is 24.3 Å². The Hall–Kier alpha value is -1.30. The van der Waals surface area contributed by atoms with Crippen LogP contribution < -0.4 is 5.48 Å². The van der Waals surface area contributed by atoms with Crippen LogP contribution in [0.15, 0.2) is 36.9 Å². The lowest BCUT2D eigenvalue weighted by molar-refractivity contribution is -0.0864. The molecule has 0 aromatic heterocycles. The summed E-state index contributed by atoms with van der Waals surface area (Å²) >= 11 is 0. The zero-order valence-corrected chi connectivity index (χ0v) is 11.7. The number of rotatable bonds is 4. The van der Waals surface area contributed by atoms with Crippen molar-refractivity contribution in [3.63, 3.8) is 0 Å². The molecule has 0 radical (unpaired) electrons. The molecule has 2 aliphatic rings. The second kappa shape index (κ2) is 5.83. The minimum absolute atomic E-state index is 0.181. The van der Waals surface area contributed by atoms with Crippen LogP contribution >= 0.6 is 0 Å². The number of hydrogen-bond acceptors (Lipinski definition) is 3. The van der Waals surface area contributed by atoms with Crippen molar-refractivity contribution in [3.8, 4) is 0 Å². The third-order valence-electron chi connectivity index (χ3n) is 4.46. The van der Waals surface area contributed by atoms with Crippen molar-refractivity contribution in [1.82, 2.24) is 5.48 Å². The number of ether oxygens (including phenoxy) is 1. The van der Waals surface area contributed by atoms with Crippen molar-refractivity contribution in [2.75, 3.05) is 13.3 Å². The van der Waals surface area contributed by atoms with E-state index in [2.05, 4.69) is 12.1 Å². The zero-order valence-electron chi connectivity index (χ0n) is 11.7. The summed E-state index contributed by atoms with van der Waals surface area (Å²) < 4.78 is 34.0. The van der Waals surface area contributed by atoms with Gasteiger partial charge in [0.1, 0.15) is 18.0 Å². The van der Waals surface area contributed by atoms with Crippen LogP contribution in [-0.4, -0.2) is 25.5 Å². The summed E-state index contributed by atoms with van der Waals surface area (Å²) in [5, 5.41) is 0. The summed E-state index contributed by atoms with van der Waals surface area (Å²) in [7, 11) is 0. The molecule has 1 N–H and O–H groups in total. The molecule has 3 nitrogen and oxygen atoms in total. The Morgan fingerprint density at radius 2 is 2.24 bits per heavy atom. The van der Waals surface area contributed by atoms with Crippen LogP contribution in [0.5, 0.6) is 0 Å². The summed E-state index contributed by atoms with van der Waals surface area (Å²) in [5.74, 6) is -0.721. The molecule has 2 saturated heterocycles. The molecule has 3 rings (SSSR count). The number of alkyl halides is 1. The van der Waals surface area contributed by atoms with Gasteiger partial charge in [0.15, 0.2) is 0 Å². The number of nitrogens with one attached hydrogen (secondary N) is 1. The van der Waals surface area contributed by atoms with Gasteiger partial charge in [0.25, 0.3) is 0 Å². The molecule has 0 amide bonds. The van der Waals surface area contributed by atoms with Gasteiger partial charge in [0.2, 0.25) is 0 Å². The van der Waals surface area contributed by atoms with E-state index in [0.717, 1.165) is 0 Å². The van der Waals surface area contributed by atoms with Crippen LogP contribution in [-0.2, 0) is 15.1 Å². The van der Waals surface area contributed by atoms with Crippen molar-refractivity contribution in [2.45, 2.75) is 30.6 Å². The fraction of sp³-hybridized carbons (Fsp3) is 0.500. The van der Waals surface area contributed by atoms with Gasteiger partial charge in [-0.3, -0.25) is 4.84 Å². The highest BCUT2D eigenvalue weighted by Gasteiger charge is 2.56. The van der Waals surface area contributed by atoms with E-state index in [1.807, 2.05) is 0 Å². The lowest BCUT2D eigenvalue weighted by Gasteiger charge is -2.40. The highest BCUT2D eigenvalue weighted by molar-refractivity contribution is 5.30. The molecule has 2 fully saturated rings. The number of hydroxylamine groups is 1. The van der Waals surface area contributed by atoms with E-state index in [1.54, 1.807) is 24.3 Å². The highest BCUT2D eigenvalue weighted by atomic mass is 19.1. The largest absolute Gasteiger partial charge is 0.377 e. The maximum Gasteiger partial charge on any atom is 0.128 e. The summed E-state index contributed by atoms with van der Waals surface area (Å²) in [4.78, 5) is 5.58. The Morgan fingerprint density at radius 1 is 1.43 bits per heavy atom. The van der Waals surface area contributed by atoms with Crippen molar-refractivity contribution in [3.05, 3.63) is 48.3 Å². The van der Waals surface area contributed by atoms with Crippen LogP contribution in [0.3, 0.4) is 0 Å². The van der Waals surface area contributed by atoms with Crippen LogP contribution in [0.2, 0.25) is 0 Å². The Kier molecular flexibility index (Phi) is 4.06. The molecule has 2 heterocycles. The van der Waals surface area contributed by atoms with E-state index in [1.165, 1.54) is 6.07 Å². The van der Waals surface area contributed by atoms with Gasteiger partial charge in [0.05, 0.1) is 12.2 Å². The topological polar surface area (TPSA) is 30.5 Å². The van der Waals surface area contributed by atoms with E-state index in [0.29, 0.717) is 25.0 Å². The average Bonchev–Trinajstić information content (AvgIpc) is 2.89. The Bertz CT molecular complexity index is 525. The minimum atomic E-state index is -1.20. The first-order valence-electron chi connectivity index (χ1n) is 7.19. The van der Waals surface area contributed by atoms with Gasteiger partial charge in [-0.15, -0.1) is 6.58 Å². The molecule has 5 heteroatoms. The van der Waals surface area contributed by atoms with Crippen LogP contribution in [0.25, 0.3) is 0 Å². The first kappa shape index (κ1) is 14.6. The Balaban J connectivity index is 2.04. The summed E-state index contributed by atoms with van der Waals surface area (Å²) in [6, 6.07) is 6.24. The molecule has 0 unspecified atom stereocenters. The van der Waals surface area contributed by atoms with Gasteiger partial charge in [-0.2, -0.15) is 5.48 Å². The molecule has 0 aliphatic carbocycles. The molecule has 1 aromatic carbocycles. The third-order valence-corrected chi connectivity index (χ3v) is 4.46. The molecular weight excluding hydrogens is 276 g/mol. The molecule has 0 saturated carbocycles. The maximum atomic E-state index is 14.2. The average molecular weight is 295 g/mol. The number of fused-ring (bicyclic) bond motifs is 1. The lowest BCUT2D eigenvalue weighted by atomic mass is 9.72. The van der Waals surface area contributed by atoms with Crippen molar-refractivity contribution in [1.29, 1.82) is 0 Å². The second-order valence-corrected chi connectivity index (χ2v) is 5.59. The highest BCUT2D eigenvalue weighted by Crippen LogP contribution is 2.45. The monoisotopic (exact) mass is 295 g/mol. The third kappa shape index (κ3) is 2.29. The van der Waals surface area contributed by atoms with Gasteiger partial charge in [0, 0.05) is 18.1 Å². The second-order valence-electron chi connectivity index (χ2n) is 5.59. The van der Waals surface area contributed by atoms with E-state index < -0.39 is 18.0 Å².